The van der Waals surface area contributed by atoms with Gasteiger partial charge in [-0.15, -0.1) is 0 Å². The molecule has 0 saturated carbocycles. The smallest absolute Gasteiger partial charge is 0.247 e. The zero-order valence-electron chi connectivity index (χ0n) is 16.8. The van der Waals surface area contributed by atoms with Crippen LogP contribution in [0.5, 0.6) is 0 Å². The Labute approximate surface area is 176 Å². The Morgan fingerprint density at radius 2 is 1.77 bits per heavy atom. The monoisotopic (exact) mass is 399 g/mol. The second-order valence-corrected chi connectivity index (χ2v) is 6.85. The van der Waals surface area contributed by atoms with Crippen molar-refractivity contribution in [3.8, 4) is 22.4 Å². The van der Waals surface area contributed by atoms with E-state index in [1.807, 2.05) is 66.7 Å². The van der Waals surface area contributed by atoms with Crippen LogP contribution in [0.15, 0.2) is 91.2 Å². The summed E-state index contributed by atoms with van der Waals surface area (Å²) in [7, 11) is 0. The SMILES string of the molecule is C=CC(=O)Nc1cccc(-c2cc(-c3ccccc3)cc(NC(N)/C=C(/C)N)n2)c1. The molecule has 0 bridgehead atoms. The maximum atomic E-state index is 11.6. The lowest BCUT2D eigenvalue weighted by Gasteiger charge is -2.15. The van der Waals surface area contributed by atoms with Gasteiger partial charge in [-0.1, -0.05) is 49.0 Å². The van der Waals surface area contributed by atoms with Crippen molar-refractivity contribution in [3.63, 3.8) is 0 Å². The molecule has 0 aliphatic carbocycles. The van der Waals surface area contributed by atoms with Gasteiger partial charge in [0.1, 0.15) is 5.82 Å². The van der Waals surface area contributed by atoms with Crippen LogP contribution in [0.1, 0.15) is 6.92 Å². The molecule has 3 rings (SSSR count). The summed E-state index contributed by atoms with van der Waals surface area (Å²) in [6.07, 6.45) is 2.49. The summed E-state index contributed by atoms with van der Waals surface area (Å²) in [5, 5.41) is 5.95. The summed E-state index contributed by atoms with van der Waals surface area (Å²) in [4.78, 5) is 16.4. The van der Waals surface area contributed by atoms with Crippen LogP contribution >= 0.6 is 0 Å². The van der Waals surface area contributed by atoms with E-state index in [2.05, 4.69) is 17.2 Å². The number of pyridine rings is 1. The van der Waals surface area contributed by atoms with Crippen molar-refractivity contribution < 1.29 is 4.79 Å². The van der Waals surface area contributed by atoms with E-state index in [1.165, 1.54) is 6.08 Å². The maximum absolute atomic E-state index is 11.6. The van der Waals surface area contributed by atoms with Crippen LogP contribution in [0.2, 0.25) is 0 Å². The van der Waals surface area contributed by atoms with Gasteiger partial charge in [0.25, 0.3) is 0 Å². The van der Waals surface area contributed by atoms with Gasteiger partial charge in [-0.25, -0.2) is 4.98 Å². The number of carbonyl (C=O) groups is 1. The highest BCUT2D eigenvalue weighted by Gasteiger charge is 2.10. The molecule has 1 unspecified atom stereocenters. The molecular formula is C24H25N5O. The van der Waals surface area contributed by atoms with Crippen LogP contribution in [0.3, 0.4) is 0 Å². The number of benzene rings is 2. The number of nitrogens with two attached hydrogens (primary N) is 2. The van der Waals surface area contributed by atoms with E-state index in [-0.39, 0.29) is 5.91 Å². The van der Waals surface area contributed by atoms with Crippen molar-refractivity contribution in [3.05, 3.63) is 91.2 Å². The highest BCUT2D eigenvalue weighted by atomic mass is 16.1. The van der Waals surface area contributed by atoms with Crippen molar-refractivity contribution >= 4 is 17.4 Å². The van der Waals surface area contributed by atoms with Crippen molar-refractivity contribution in [2.45, 2.75) is 13.1 Å². The fourth-order valence-corrected chi connectivity index (χ4v) is 2.99. The first-order chi connectivity index (χ1) is 14.4. The van der Waals surface area contributed by atoms with Gasteiger partial charge in [0.05, 0.1) is 11.9 Å². The molecule has 6 heteroatoms. The summed E-state index contributed by atoms with van der Waals surface area (Å²) in [5.74, 6) is 0.354. The molecule has 0 radical (unpaired) electrons. The van der Waals surface area contributed by atoms with E-state index in [9.17, 15) is 4.79 Å². The Balaban J connectivity index is 2.04. The minimum Gasteiger partial charge on any atom is -0.402 e. The topological polar surface area (TPSA) is 106 Å². The lowest BCUT2D eigenvalue weighted by molar-refractivity contribution is -0.111. The molecule has 1 amide bonds. The minimum atomic E-state index is -0.473. The van der Waals surface area contributed by atoms with Crippen LogP contribution in [-0.2, 0) is 4.79 Å². The normalized spacial score (nSPS) is 12.1. The van der Waals surface area contributed by atoms with E-state index in [0.29, 0.717) is 17.2 Å². The number of amides is 1. The van der Waals surface area contributed by atoms with Gasteiger partial charge in [-0.3, -0.25) is 4.79 Å². The van der Waals surface area contributed by atoms with Crippen molar-refractivity contribution in [2.75, 3.05) is 10.6 Å². The maximum Gasteiger partial charge on any atom is 0.247 e. The molecular weight excluding hydrogens is 374 g/mol. The van der Waals surface area contributed by atoms with E-state index in [1.54, 1.807) is 13.0 Å². The number of allylic oxidation sites excluding steroid dienone is 1. The molecule has 152 valence electrons. The summed E-state index contributed by atoms with van der Waals surface area (Å²) < 4.78 is 0. The summed E-state index contributed by atoms with van der Waals surface area (Å²) in [6, 6.07) is 21.5. The third kappa shape index (κ3) is 5.56. The van der Waals surface area contributed by atoms with Gasteiger partial charge in [0.2, 0.25) is 5.91 Å². The molecule has 0 fully saturated rings. The molecule has 0 saturated heterocycles. The molecule has 30 heavy (non-hydrogen) atoms. The third-order valence-electron chi connectivity index (χ3n) is 4.30. The van der Waals surface area contributed by atoms with Crippen LogP contribution in [0.4, 0.5) is 11.5 Å². The van der Waals surface area contributed by atoms with Crippen LogP contribution < -0.4 is 22.1 Å². The predicted octanol–water partition coefficient (Wildman–Crippen LogP) is 4.10. The summed E-state index contributed by atoms with van der Waals surface area (Å²) in [6.45, 7) is 5.27. The molecule has 0 aliphatic rings. The van der Waals surface area contributed by atoms with Crippen molar-refractivity contribution in [2.24, 2.45) is 11.5 Å². The highest BCUT2D eigenvalue weighted by Crippen LogP contribution is 2.29. The highest BCUT2D eigenvalue weighted by molar-refractivity contribution is 5.99. The van der Waals surface area contributed by atoms with Gasteiger partial charge >= 0.3 is 0 Å². The molecule has 0 spiro atoms. The zero-order valence-corrected chi connectivity index (χ0v) is 16.8. The van der Waals surface area contributed by atoms with Crippen LogP contribution in [0, 0.1) is 0 Å². The fraction of sp³-hybridized carbons (Fsp3) is 0.0833. The first kappa shape index (κ1) is 20.8. The number of nitrogens with one attached hydrogen (secondary N) is 2. The Hall–Kier alpha value is -3.90. The van der Waals surface area contributed by atoms with Crippen LogP contribution in [-0.4, -0.2) is 17.1 Å². The van der Waals surface area contributed by atoms with Crippen LogP contribution in [0.25, 0.3) is 22.4 Å². The van der Waals surface area contributed by atoms with Crippen molar-refractivity contribution in [1.82, 2.24) is 4.98 Å². The first-order valence-electron chi connectivity index (χ1n) is 9.52. The van der Waals surface area contributed by atoms with Gasteiger partial charge in [0.15, 0.2) is 0 Å². The number of aromatic nitrogens is 1. The van der Waals surface area contributed by atoms with E-state index < -0.39 is 6.17 Å². The molecule has 6 nitrogen and oxygen atoms in total. The molecule has 0 aliphatic heterocycles. The third-order valence-corrected chi connectivity index (χ3v) is 4.30. The largest absolute Gasteiger partial charge is 0.402 e. The van der Waals surface area contributed by atoms with Gasteiger partial charge in [0, 0.05) is 16.9 Å². The Morgan fingerprint density at radius 3 is 2.47 bits per heavy atom. The number of nitrogens with zero attached hydrogens (tertiary/aromatic N) is 1. The number of anilines is 2. The quantitative estimate of drug-likeness (QED) is 0.354. The Kier molecular flexibility index (Phi) is 6.62. The Morgan fingerprint density at radius 1 is 1.03 bits per heavy atom. The lowest BCUT2D eigenvalue weighted by Crippen LogP contribution is -2.28. The van der Waals surface area contributed by atoms with E-state index >= 15 is 0 Å². The van der Waals surface area contributed by atoms with Gasteiger partial charge in [-0.2, -0.15) is 0 Å². The van der Waals surface area contributed by atoms with Gasteiger partial charge in [-0.05, 0) is 54.5 Å². The molecule has 2 aromatic carbocycles. The molecule has 1 heterocycles. The van der Waals surface area contributed by atoms with E-state index in [0.717, 1.165) is 22.4 Å². The number of rotatable bonds is 7. The number of hydrogen-bond donors (Lipinski definition) is 4. The summed E-state index contributed by atoms with van der Waals surface area (Å²) in [5.41, 5.74) is 16.8. The molecule has 6 N–H and O–H groups in total. The lowest BCUT2D eigenvalue weighted by atomic mass is 10.0. The zero-order chi connectivity index (χ0) is 21.5. The van der Waals surface area contributed by atoms with Gasteiger partial charge < -0.3 is 22.1 Å². The number of hydrogen-bond acceptors (Lipinski definition) is 5. The average molecular weight is 399 g/mol. The minimum absolute atomic E-state index is 0.268. The Bertz CT molecular complexity index is 1070. The number of carbonyl (C=O) groups excluding carboxylic acids is 1. The second kappa shape index (κ2) is 9.54. The standard InChI is InChI=1S/C24H25N5O/c1-3-24(30)27-20-11-7-10-18(13-20)21-14-19(17-8-5-4-6-9-17)15-23(28-21)29-22(26)12-16(2)25/h3-15,22H,1,25-26H2,2H3,(H,27,30)(H,28,29)/b16-12-. The molecule has 1 atom stereocenters. The average Bonchev–Trinajstić information content (AvgIpc) is 2.73. The first-order valence-corrected chi connectivity index (χ1v) is 9.52. The fourth-order valence-electron chi connectivity index (χ4n) is 2.99. The second-order valence-electron chi connectivity index (χ2n) is 6.85. The predicted molar refractivity (Wildman–Crippen MR) is 123 cm³/mol. The summed E-state index contributed by atoms with van der Waals surface area (Å²) >= 11 is 0. The van der Waals surface area contributed by atoms with E-state index in [4.69, 9.17) is 16.5 Å². The molecule has 3 aromatic rings. The molecule has 1 aromatic heterocycles. The van der Waals surface area contributed by atoms with Crippen molar-refractivity contribution in [1.29, 1.82) is 0 Å².